The summed E-state index contributed by atoms with van der Waals surface area (Å²) in [6.45, 7) is 1.82. The van der Waals surface area contributed by atoms with Crippen molar-refractivity contribution < 1.29 is 4.74 Å². The fraction of sp³-hybridized carbons (Fsp3) is 0.571. The molecule has 0 aliphatic heterocycles. The number of benzene rings is 1. The Morgan fingerprint density at radius 2 is 2.24 bits per heavy atom. The third-order valence-electron chi connectivity index (χ3n) is 3.52. The van der Waals surface area contributed by atoms with Gasteiger partial charge < -0.3 is 15.8 Å². The topological polar surface area (TPSA) is 47.3 Å². The van der Waals surface area contributed by atoms with E-state index in [1.165, 1.54) is 18.4 Å². The number of nitrogens with two attached hydrogens (primary N) is 1. The summed E-state index contributed by atoms with van der Waals surface area (Å²) < 4.78 is 5.25. The van der Waals surface area contributed by atoms with Crippen LogP contribution in [0.2, 0.25) is 0 Å². The van der Waals surface area contributed by atoms with Gasteiger partial charge in [-0.3, -0.25) is 0 Å². The van der Waals surface area contributed by atoms with Gasteiger partial charge in [0.1, 0.15) is 5.75 Å². The molecule has 1 aliphatic rings. The van der Waals surface area contributed by atoms with Crippen LogP contribution in [0, 0.1) is 0 Å². The number of hydrogen-bond donors (Lipinski definition) is 2. The summed E-state index contributed by atoms with van der Waals surface area (Å²) in [6.07, 6.45) is 3.54. The Balaban J connectivity index is 1.78. The monoisotopic (exact) mass is 234 g/mol. The highest BCUT2D eigenvalue weighted by Crippen LogP contribution is 2.37. The van der Waals surface area contributed by atoms with E-state index in [0.29, 0.717) is 12.0 Å². The normalized spacial score (nSPS) is 23.2. The van der Waals surface area contributed by atoms with Gasteiger partial charge in [-0.05, 0) is 56.0 Å². The SMILES string of the molecule is COc1cccc(C2CC(NCCCN)C2)c1. The lowest BCUT2D eigenvalue weighted by Crippen LogP contribution is -2.40. The summed E-state index contributed by atoms with van der Waals surface area (Å²) in [6, 6.07) is 9.10. The van der Waals surface area contributed by atoms with Crippen LogP contribution in [0.5, 0.6) is 5.75 Å². The summed E-state index contributed by atoms with van der Waals surface area (Å²) in [4.78, 5) is 0. The standard InChI is InChI=1S/C14H22N2O/c1-17-14-5-2-4-11(10-14)12-8-13(9-12)16-7-3-6-15/h2,4-5,10,12-13,16H,3,6-9,15H2,1H3. The lowest BCUT2D eigenvalue weighted by atomic mass is 9.76. The molecular weight excluding hydrogens is 212 g/mol. The molecule has 1 aromatic carbocycles. The first-order chi connectivity index (χ1) is 8.33. The molecule has 17 heavy (non-hydrogen) atoms. The molecule has 1 aliphatic carbocycles. The molecule has 0 aromatic heterocycles. The van der Waals surface area contributed by atoms with Crippen LogP contribution in [0.15, 0.2) is 24.3 Å². The van der Waals surface area contributed by atoms with Gasteiger partial charge in [0.15, 0.2) is 0 Å². The van der Waals surface area contributed by atoms with Crippen molar-refractivity contribution in [3.8, 4) is 5.75 Å². The lowest BCUT2D eigenvalue weighted by Gasteiger charge is -2.36. The summed E-state index contributed by atoms with van der Waals surface area (Å²) in [5, 5.41) is 3.54. The minimum absolute atomic E-state index is 0.678. The zero-order valence-electron chi connectivity index (χ0n) is 10.5. The maximum absolute atomic E-state index is 5.47. The Morgan fingerprint density at radius 3 is 2.94 bits per heavy atom. The van der Waals surface area contributed by atoms with E-state index in [0.717, 1.165) is 25.3 Å². The van der Waals surface area contributed by atoms with Crippen LogP contribution in [-0.4, -0.2) is 26.2 Å². The van der Waals surface area contributed by atoms with Crippen LogP contribution in [-0.2, 0) is 0 Å². The minimum atomic E-state index is 0.678. The first-order valence-corrected chi connectivity index (χ1v) is 6.41. The highest BCUT2D eigenvalue weighted by molar-refractivity contribution is 5.32. The smallest absolute Gasteiger partial charge is 0.119 e. The molecule has 3 N–H and O–H groups in total. The second-order valence-corrected chi connectivity index (χ2v) is 4.74. The maximum atomic E-state index is 5.47. The Labute approximate surface area is 103 Å². The molecular formula is C14H22N2O. The molecule has 3 nitrogen and oxygen atoms in total. The zero-order valence-corrected chi connectivity index (χ0v) is 10.5. The predicted octanol–water partition coefficient (Wildman–Crippen LogP) is 1.88. The maximum Gasteiger partial charge on any atom is 0.119 e. The number of hydrogen-bond acceptors (Lipinski definition) is 3. The number of nitrogens with one attached hydrogen (secondary N) is 1. The number of ether oxygens (including phenoxy) is 1. The lowest BCUT2D eigenvalue weighted by molar-refractivity contribution is 0.290. The summed E-state index contributed by atoms with van der Waals surface area (Å²) >= 11 is 0. The quantitative estimate of drug-likeness (QED) is 0.739. The third-order valence-corrected chi connectivity index (χ3v) is 3.52. The van der Waals surface area contributed by atoms with E-state index in [2.05, 4.69) is 23.5 Å². The highest BCUT2D eigenvalue weighted by atomic mass is 16.5. The fourth-order valence-electron chi connectivity index (χ4n) is 2.36. The van der Waals surface area contributed by atoms with E-state index in [1.807, 2.05) is 6.07 Å². The molecule has 0 saturated heterocycles. The molecule has 1 aromatic rings. The molecule has 0 radical (unpaired) electrons. The molecule has 0 bridgehead atoms. The fourth-order valence-corrected chi connectivity index (χ4v) is 2.36. The largest absolute Gasteiger partial charge is 0.497 e. The molecule has 1 fully saturated rings. The Morgan fingerprint density at radius 1 is 1.41 bits per heavy atom. The van der Waals surface area contributed by atoms with Crippen LogP contribution in [0.3, 0.4) is 0 Å². The van der Waals surface area contributed by atoms with Crippen molar-refractivity contribution in [3.05, 3.63) is 29.8 Å². The second-order valence-electron chi connectivity index (χ2n) is 4.74. The van der Waals surface area contributed by atoms with Gasteiger partial charge in [0.25, 0.3) is 0 Å². The van der Waals surface area contributed by atoms with Crippen LogP contribution in [0.4, 0.5) is 0 Å². The van der Waals surface area contributed by atoms with Gasteiger partial charge >= 0.3 is 0 Å². The van der Waals surface area contributed by atoms with Gasteiger partial charge in [-0.2, -0.15) is 0 Å². The van der Waals surface area contributed by atoms with Gasteiger partial charge in [-0.1, -0.05) is 12.1 Å². The number of rotatable bonds is 6. The summed E-state index contributed by atoms with van der Waals surface area (Å²) in [7, 11) is 1.72. The molecule has 0 spiro atoms. The molecule has 2 rings (SSSR count). The minimum Gasteiger partial charge on any atom is -0.497 e. The van der Waals surface area contributed by atoms with E-state index >= 15 is 0 Å². The third kappa shape index (κ3) is 3.20. The molecule has 1 saturated carbocycles. The Hall–Kier alpha value is -1.06. The van der Waals surface area contributed by atoms with Crippen molar-refractivity contribution >= 4 is 0 Å². The summed E-state index contributed by atoms with van der Waals surface area (Å²) in [5.41, 5.74) is 6.87. The van der Waals surface area contributed by atoms with Crippen LogP contribution in [0.1, 0.15) is 30.7 Å². The van der Waals surface area contributed by atoms with E-state index in [9.17, 15) is 0 Å². The van der Waals surface area contributed by atoms with E-state index < -0.39 is 0 Å². The van der Waals surface area contributed by atoms with Crippen molar-refractivity contribution in [2.45, 2.75) is 31.2 Å². The van der Waals surface area contributed by atoms with Crippen molar-refractivity contribution in [2.24, 2.45) is 5.73 Å². The Bertz CT molecular complexity index is 348. The van der Waals surface area contributed by atoms with Gasteiger partial charge in [0.05, 0.1) is 7.11 Å². The molecule has 0 unspecified atom stereocenters. The average molecular weight is 234 g/mol. The average Bonchev–Trinajstić information content (AvgIpc) is 2.32. The molecule has 3 heteroatoms. The first-order valence-electron chi connectivity index (χ1n) is 6.41. The second kappa shape index (κ2) is 6.03. The van der Waals surface area contributed by atoms with Crippen LogP contribution < -0.4 is 15.8 Å². The van der Waals surface area contributed by atoms with Crippen LogP contribution in [0.25, 0.3) is 0 Å². The summed E-state index contributed by atoms with van der Waals surface area (Å²) in [5.74, 6) is 1.66. The van der Waals surface area contributed by atoms with E-state index in [-0.39, 0.29) is 0 Å². The Kier molecular flexibility index (Phi) is 4.40. The van der Waals surface area contributed by atoms with Crippen molar-refractivity contribution in [1.82, 2.24) is 5.32 Å². The van der Waals surface area contributed by atoms with Crippen molar-refractivity contribution in [3.63, 3.8) is 0 Å². The van der Waals surface area contributed by atoms with Crippen molar-refractivity contribution in [2.75, 3.05) is 20.2 Å². The first kappa shape index (κ1) is 12.4. The molecule has 0 heterocycles. The van der Waals surface area contributed by atoms with E-state index in [4.69, 9.17) is 10.5 Å². The van der Waals surface area contributed by atoms with Gasteiger partial charge in [-0.25, -0.2) is 0 Å². The van der Waals surface area contributed by atoms with Crippen LogP contribution >= 0.6 is 0 Å². The van der Waals surface area contributed by atoms with Crippen molar-refractivity contribution in [1.29, 1.82) is 0 Å². The van der Waals surface area contributed by atoms with Gasteiger partial charge in [-0.15, -0.1) is 0 Å². The van der Waals surface area contributed by atoms with Gasteiger partial charge in [0, 0.05) is 6.04 Å². The molecule has 94 valence electrons. The van der Waals surface area contributed by atoms with Gasteiger partial charge in [0.2, 0.25) is 0 Å². The zero-order chi connectivity index (χ0) is 12.1. The highest BCUT2D eigenvalue weighted by Gasteiger charge is 2.29. The predicted molar refractivity (Wildman–Crippen MR) is 70.4 cm³/mol. The van der Waals surface area contributed by atoms with E-state index in [1.54, 1.807) is 7.11 Å². The number of methoxy groups -OCH3 is 1. The molecule has 0 amide bonds. The molecule has 0 atom stereocenters.